The second-order valence-electron chi connectivity index (χ2n) is 4.04. The van der Waals surface area contributed by atoms with Crippen LogP contribution in [-0.4, -0.2) is 35.6 Å². The first-order chi connectivity index (χ1) is 6.84. The fourth-order valence-electron chi connectivity index (χ4n) is 0.805. The highest BCUT2D eigenvalue weighted by Gasteiger charge is 2.14. The quantitative estimate of drug-likeness (QED) is 0.593. The van der Waals surface area contributed by atoms with E-state index in [1.807, 2.05) is 20.8 Å². The summed E-state index contributed by atoms with van der Waals surface area (Å²) in [6.45, 7) is 7.48. The zero-order valence-electron chi connectivity index (χ0n) is 9.70. The van der Waals surface area contributed by atoms with Gasteiger partial charge in [-0.3, -0.25) is 14.9 Å². The van der Waals surface area contributed by atoms with Gasteiger partial charge < -0.3 is 10.4 Å². The molecule has 5 nitrogen and oxygen atoms in total. The molecule has 0 radical (unpaired) electrons. The van der Waals surface area contributed by atoms with Crippen LogP contribution in [0.1, 0.15) is 27.7 Å². The molecule has 0 rings (SSSR count). The molecule has 88 valence electrons. The molecular weight excluding hydrogens is 196 g/mol. The number of rotatable bonds is 6. The molecule has 0 saturated heterocycles. The van der Waals surface area contributed by atoms with E-state index in [1.165, 1.54) is 6.92 Å². The van der Waals surface area contributed by atoms with E-state index in [1.54, 1.807) is 0 Å². The minimum Gasteiger partial charge on any atom is -0.480 e. The van der Waals surface area contributed by atoms with Crippen LogP contribution in [0, 0.1) is 5.92 Å². The van der Waals surface area contributed by atoms with Gasteiger partial charge in [0.05, 0.1) is 6.54 Å². The Hall–Kier alpha value is -1.10. The number of carboxylic acids is 1. The van der Waals surface area contributed by atoms with E-state index >= 15 is 0 Å². The Bertz CT molecular complexity index is 229. The van der Waals surface area contributed by atoms with Gasteiger partial charge in [0.15, 0.2) is 0 Å². The maximum absolute atomic E-state index is 11.3. The topological polar surface area (TPSA) is 78.4 Å². The third kappa shape index (κ3) is 6.06. The maximum atomic E-state index is 11.3. The molecule has 0 spiro atoms. The minimum absolute atomic E-state index is 0.0323. The van der Waals surface area contributed by atoms with Gasteiger partial charge in [-0.1, -0.05) is 13.8 Å². The van der Waals surface area contributed by atoms with Gasteiger partial charge in [0, 0.05) is 6.04 Å². The third-order valence-corrected chi connectivity index (χ3v) is 2.33. The number of carbonyl (C=O) groups is 2. The lowest BCUT2D eigenvalue weighted by Gasteiger charge is -2.18. The number of nitrogens with one attached hydrogen (secondary N) is 2. The number of carboxylic acid groups (broad SMARTS) is 1. The Morgan fingerprint density at radius 3 is 2.13 bits per heavy atom. The summed E-state index contributed by atoms with van der Waals surface area (Å²) in [5, 5.41) is 14.0. The number of hydrogen-bond donors (Lipinski definition) is 3. The van der Waals surface area contributed by atoms with Crippen molar-refractivity contribution in [3.63, 3.8) is 0 Å². The van der Waals surface area contributed by atoms with E-state index in [0.717, 1.165) is 0 Å². The average Bonchev–Trinajstić information content (AvgIpc) is 2.13. The van der Waals surface area contributed by atoms with Crippen LogP contribution in [0.2, 0.25) is 0 Å². The molecule has 0 heterocycles. The second kappa shape index (κ2) is 6.40. The van der Waals surface area contributed by atoms with Crippen LogP contribution in [-0.2, 0) is 9.59 Å². The summed E-state index contributed by atoms with van der Waals surface area (Å²) < 4.78 is 0. The molecule has 2 atom stereocenters. The summed E-state index contributed by atoms with van der Waals surface area (Å²) in [5.41, 5.74) is 0. The number of hydrogen-bond acceptors (Lipinski definition) is 3. The molecule has 15 heavy (non-hydrogen) atoms. The van der Waals surface area contributed by atoms with Gasteiger partial charge >= 0.3 is 5.97 Å². The predicted molar refractivity (Wildman–Crippen MR) is 57.5 cm³/mol. The molecule has 0 aromatic rings. The molecule has 1 amide bonds. The fourth-order valence-corrected chi connectivity index (χ4v) is 0.805. The van der Waals surface area contributed by atoms with Crippen molar-refractivity contribution in [2.75, 3.05) is 6.54 Å². The van der Waals surface area contributed by atoms with Crippen LogP contribution in [0.25, 0.3) is 0 Å². The van der Waals surface area contributed by atoms with E-state index in [4.69, 9.17) is 5.11 Å². The van der Waals surface area contributed by atoms with Crippen LogP contribution < -0.4 is 10.6 Å². The molecular formula is C10H20N2O3. The Labute approximate surface area is 90.2 Å². The highest BCUT2D eigenvalue weighted by atomic mass is 16.4. The summed E-state index contributed by atoms with van der Waals surface area (Å²) >= 11 is 0. The van der Waals surface area contributed by atoms with Crippen LogP contribution in [0.3, 0.4) is 0 Å². The number of amides is 1. The molecule has 0 aromatic carbocycles. The van der Waals surface area contributed by atoms with Crippen LogP contribution >= 0.6 is 0 Å². The highest BCUT2D eigenvalue weighted by molar-refractivity contribution is 5.79. The number of aliphatic carboxylic acids is 1. The summed E-state index contributed by atoms with van der Waals surface area (Å²) in [7, 11) is 0. The lowest BCUT2D eigenvalue weighted by molar-refractivity contribution is -0.139. The standard InChI is InChI=1S/C10H20N2O3/c1-6(2)7(3)12-9(13)5-11-8(4)10(14)15/h6-8,11H,5H2,1-4H3,(H,12,13)(H,14,15)/t7?,8-/m1/s1. The van der Waals surface area contributed by atoms with E-state index in [9.17, 15) is 9.59 Å². The van der Waals surface area contributed by atoms with Crippen molar-refractivity contribution >= 4 is 11.9 Å². The van der Waals surface area contributed by atoms with Crippen LogP contribution in [0.15, 0.2) is 0 Å². The van der Waals surface area contributed by atoms with Crippen LogP contribution in [0.4, 0.5) is 0 Å². The molecule has 0 fully saturated rings. The smallest absolute Gasteiger partial charge is 0.320 e. The molecule has 0 aliphatic heterocycles. The van der Waals surface area contributed by atoms with Crippen LogP contribution in [0.5, 0.6) is 0 Å². The average molecular weight is 216 g/mol. The summed E-state index contributed by atoms with van der Waals surface area (Å²) in [6, 6.07) is -0.607. The van der Waals surface area contributed by atoms with Gasteiger partial charge in [-0.2, -0.15) is 0 Å². The Balaban J connectivity index is 3.80. The first kappa shape index (κ1) is 13.9. The van der Waals surface area contributed by atoms with Gasteiger partial charge in [0.2, 0.25) is 5.91 Å². The second-order valence-corrected chi connectivity index (χ2v) is 4.04. The monoisotopic (exact) mass is 216 g/mol. The van der Waals surface area contributed by atoms with Crippen molar-refractivity contribution < 1.29 is 14.7 Å². The van der Waals surface area contributed by atoms with Crippen molar-refractivity contribution in [1.29, 1.82) is 0 Å². The zero-order chi connectivity index (χ0) is 12.0. The SMILES string of the molecule is CC(C)C(C)NC(=O)CN[C@H](C)C(=O)O. The fraction of sp³-hybridized carbons (Fsp3) is 0.800. The molecule has 0 aliphatic carbocycles. The van der Waals surface area contributed by atoms with Gasteiger partial charge in [-0.15, -0.1) is 0 Å². The van der Waals surface area contributed by atoms with Crippen molar-refractivity contribution in [1.82, 2.24) is 10.6 Å². The summed E-state index contributed by atoms with van der Waals surface area (Å²) in [4.78, 5) is 21.8. The summed E-state index contributed by atoms with van der Waals surface area (Å²) in [6.07, 6.45) is 0. The van der Waals surface area contributed by atoms with Crippen molar-refractivity contribution in [2.24, 2.45) is 5.92 Å². The van der Waals surface area contributed by atoms with E-state index < -0.39 is 12.0 Å². The number of carbonyl (C=O) groups excluding carboxylic acids is 1. The maximum Gasteiger partial charge on any atom is 0.320 e. The van der Waals surface area contributed by atoms with E-state index in [-0.39, 0.29) is 18.5 Å². The Kier molecular flexibility index (Phi) is 5.93. The predicted octanol–water partition coefficient (Wildman–Crippen LogP) is 0.210. The molecule has 0 aromatic heterocycles. The van der Waals surface area contributed by atoms with Crippen molar-refractivity contribution in [2.45, 2.75) is 39.8 Å². The lowest BCUT2D eigenvalue weighted by atomic mass is 10.1. The van der Waals surface area contributed by atoms with E-state index in [0.29, 0.717) is 5.92 Å². The van der Waals surface area contributed by atoms with Gasteiger partial charge in [0.1, 0.15) is 6.04 Å². The lowest BCUT2D eigenvalue weighted by Crippen LogP contribution is -2.45. The molecule has 0 aliphatic rings. The first-order valence-electron chi connectivity index (χ1n) is 5.10. The molecule has 0 saturated carbocycles. The molecule has 3 N–H and O–H groups in total. The van der Waals surface area contributed by atoms with Gasteiger partial charge in [-0.25, -0.2) is 0 Å². The zero-order valence-corrected chi connectivity index (χ0v) is 9.70. The third-order valence-electron chi connectivity index (χ3n) is 2.33. The first-order valence-corrected chi connectivity index (χ1v) is 5.10. The molecule has 0 bridgehead atoms. The highest BCUT2D eigenvalue weighted by Crippen LogP contribution is 1.98. The normalized spacial score (nSPS) is 14.7. The van der Waals surface area contributed by atoms with Crippen molar-refractivity contribution in [3.8, 4) is 0 Å². The molecule has 5 heteroatoms. The van der Waals surface area contributed by atoms with E-state index in [2.05, 4.69) is 10.6 Å². The largest absolute Gasteiger partial charge is 0.480 e. The van der Waals surface area contributed by atoms with Gasteiger partial charge in [-0.05, 0) is 19.8 Å². The Morgan fingerprint density at radius 2 is 1.73 bits per heavy atom. The summed E-state index contributed by atoms with van der Waals surface area (Å²) in [5.74, 6) is -0.769. The minimum atomic E-state index is -0.959. The molecule has 1 unspecified atom stereocenters. The van der Waals surface area contributed by atoms with Gasteiger partial charge in [0.25, 0.3) is 0 Å². The van der Waals surface area contributed by atoms with Crippen molar-refractivity contribution in [3.05, 3.63) is 0 Å². The Morgan fingerprint density at radius 1 is 1.20 bits per heavy atom.